The molecule has 0 radical (unpaired) electrons. The summed E-state index contributed by atoms with van der Waals surface area (Å²) in [5.41, 5.74) is 2.65. The first-order valence-corrected chi connectivity index (χ1v) is 9.88. The van der Waals surface area contributed by atoms with Gasteiger partial charge >= 0.3 is 0 Å². The van der Waals surface area contributed by atoms with Crippen molar-refractivity contribution in [3.63, 3.8) is 0 Å². The van der Waals surface area contributed by atoms with Gasteiger partial charge in [-0.1, -0.05) is 23.7 Å². The molecule has 1 aromatic carbocycles. The maximum absolute atomic E-state index is 12.7. The lowest BCUT2D eigenvalue weighted by atomic mass is 9.96. The third kappa shape index (κ3) is 3.69. The molecule has 1 saturated heterocycles. The highest BCUT2D eigenvalue weighted by atomic mass is 35.5. The fourth-order valence-corrected chi connectivity index (χ4v) is 3.98. The van der Waals surface area contributed by atoms with E-state index in [1.54, 1.807) is 0 Å². The van der Waals surface area contributed by atoms with Crippen molar-refractivity contribution in [1.29, 1.82) is 0 Å². The molecule has 146 valence electrons. The number of nitrogens with zero attached hydrogens (tertiary/aromatic N) is 3. The van der Waals surface area contributed by atoms with E-state index in [1.807, 2.05) is 38.1 Å². The Morgan fingerprint density at radius 2 is 2.21 bits per heavy atom. The molecular weight excluding hydrogens is 376 g/mol. The summed E-state index contributed by atoms with van der Waals surface area (Å²) in [5, 5.41) is 4.66. The molecule has 1 N–H and O–H groups in total. The third-order valence-corrected chi connectivity index (χ3v) is 5.63. The van der Waals surface area contributed by atoms with E-state index in [-0.39, 0.29) is 11.8 Å². The van der Waals surface area contributed by atoms with E-state index in [4.69, 9.17) is 16.0 Å². The van der Waals surface area contributed by atoms with Gasteiger partial charge in [-0.3, -0.25) is 4.79 Å². The van der Waals surface area contributed by atoms with Crippen molar-refractivity contribution in [2.75, 3.05) is 18.0 Å². The molecule has 4 rings (SSSR count). The molecule has 1 atom stereocenters. The molecular formula is C21H23ClN4O2. The largest absolute Gasteiger partial charge is 0.443 e. The van der Waals surface area contributed by atoms with Crippen molar-refractivity contribution in [3.05, 3.63) is 52.5 Å². The van der Waals surface area contributed by atoms with Crippen LogP contribution in [0.4, 0.5) is 5.82 Å². The van der Waals surface area contributed by atoms with Crippen LogP contribution in [0.25, 0.3) is 11.1 Å². The first kappa shape index (κ1) is 18.7. The van der Waals surface area contributed by atoms with Crippen molar-refractivity contribution in [2.24, 2.45) is 5.92 Å². The Balaban J connectivity index is 1.48. The van der Waals surface area contributed by atoms with Gasteiger partial charge in [-0.2, -0.15) is 0 Å². The fourth-order valence-electron chi connectivity index (χ4n) is 3.77. The van der Waals surface area contributed by atoms with Crippen LogP contribution in [0.3, 0.4) is 0 Å². The lowest BCUT2D eigenvalue weighted by Crippen LogP contribution is -2.43. The van der Waals surface area contributed by atoms with Crippen LogP contribution in [0.5, 0.6) is 0 Å². The quantitative estimate of drug-likeness (QED) is 0.718. The van der Waals surface area contributed by atoms with Crippen molar-refractivity contribution in [1.82, 2.24) is 15.3 Å². The van der Waals surface area contributed by atoms with Gasteiger partial charge in [0, 0.05) is 30.2 Å². The van der Waals surface area contributed by atoms with Crippen molar-refractivity contribution < 1.29 is 9.21 Å². The number of aromatic nitrogens is 2. The van der Waals surface area contributed by atoms with E-state index in [2.05, 4.69) is 20.2 Å². The van der Waals surface area contributed by atoms with Crippen LogP contribution in [0.15, 0.2) is 35.0 Å². The smallest absolute Gasteiger partial charge is 0.231 e. The van der Waals surface area contributed by atoms with Crippen LogP contribution in [-0.4, -0.2) is 29.0 Å². The number of fused-ring (bicyclic) bond motifs is 1. The van der Waals surface area contributed by atoms with E-state index in [0.717, 1.165) is 47.5 Å². The van der Waals surface area contributed by atoms with Crippen LogP contribution in [-0.2, 0) is 11.3 Å². The predicted molar refractivity (Wildman–Crippen MR) is 110 cm³/mol. The van der Waals surface area contributed by atoms with Crippen LogP contribution >= 0.6 is 11.6 Å². The number of carbonyl (C=O) groups excluding carboxylic acids is 1. The Kier molecular flexibility index (Phi) is 5.22. The Labute approximate surface area is 168 Å². The molecule has 1 fully saturated rings. The summed E-state index contributed by atoms with van der Waals surface area (Å²) in [7, 11) is 0. The molecule has 0 spiro atoms. The second kappa shape index (κ2) is 7.80. The normalized spacial score (nSPS) is 17.1. The maximum Gasteiger partial charge on any atom is 0.231 e. The number of hydrogen-bond acceptors (Lipinski definition) is 5. The first-order valence-electron chi connectivity index (χ1n) is 9.50. The predicted octanol–water partition coefficient (Wildman–Crippen LogP) is 4.03. The zero-order valence-corrected chi connectivity index (χ0v) is 16.8. The molecule has 3 heterocycles. The number of rotatable bonds is 4. The molecule has 3 aromatic rings. The second-order valence-corrected chi connectivity index (χ2v) is 7.73. The average Bonchev–Trinajstić information content (AvgIpc) is 3.00. The zero-order valence-electron chi connectivity index (χ0n) is 16.0. The number of carbonyl (C=O) groups is 1. The Morgan fingerprint density at radius 1 is 1.36 bits per heavy atom. The topological polar surface area (TPSA) is 71.3 Å². The fraction of sp³-hybridized carbons (Fsp3) is 0.381. The molecule has 6 nitrogen and oxygen atoms in total. The van der Waals surface area contributed by atoms with Gasteiger partial charge in [-0.25, -0.2) is 9.97 Å². The molecule has 0 aliphatic carbocycles. The molecule has 1 unspecified atom stereocenters. The van der Waals surface area contributed by atoms with Crippen LogP contribution in [0, 0.1) is 19.8 Å². The lowest BCUT2D eigenvalue weighted by Gasteiger charge is -2.33. The number of halogens is 1. The Morgan fingerprint density at radius 3 is 3.04 bits per heavy atom. The minimum atomic E-state index is -0.0775. The monoisotopic (exact) mass is 398 g/mol. The average molecular weight is 399 g/mol. The number of anilines is 1. The molecule has 2 aromatic heterocycles. The van der Waals surface area contributed by atoms with Crippen LogP contribution < -0.4 is 10.2 Å². The van der Waals surface area contributed by atoms with Crippen LogP contribution in [0.2, 0.25) is 5.02 Å². The Bertz CT molecular complexity index is 1020. The van der Waals surface area contributed by atoms with Crippen molar-refractivity contribution in [3.8, 4) is 0 Å². The minimum Gasteiger partial charge on any atom is -0.443 e. The van der Waals surface area contributed by atoms with Gasteiger partial charge in [0.15, 0.2) is 0 Å². The SMILES string of the molecule is Cc1oc2ncnc(N3CCCC(C(=O)NCc4cccc(Cl)c4)C3)c2c1C. The highest BCUT2D eigenvalue weighted by Crippen LogP contribution is 2.32. The second-order valence-electron chi connectivity index (χ2n) is 7.29. The van der Waals surface area contributed by atoms with E-state index in [1.165, 1.54) is 6.33 Å². The summed E-state index contributed by atoms with van der Waals surface area (Å²) < 4.78 is 5.73. The van der Waals surface area contributed by atoms with Gasteiger partial charge < -0.3 is 14.6 Å². The molecule has 1 amide bonds. The maximum atomic E-state index is 12.7. The number of furan rings is 1. The molecule has 0 saturated carbocycles. The molecule has 28 heavy (non-hydrogen) atoms. The van der Waals surface area contributed by atoms with Gasteiger partial charge in [-0.15, -0.1) is 0 Å². The van der Waals surface area contributed by atoms with Gasteiger partial charge in [0.1, 0.15) is 17.9 Å². The highest BCUT2D eigenvalue weighted by molar-refractivity contribution is 6.30. The summed E-state index contributed by atoms with van der Waals surface area (Å²) in [6, 6.07) is 7.55. The first-order chi connectivity index (χ1) is 13.5. The summed E-state index contributed by atoms with van der Waals surface area (Å²) in [6.45, 7) is 5.94. The van der Waals surface area contributed by atoms with Gasteiger partial charge in [0.25, 0.3) is 0 Å². The summed E-state index contributed by atoms with van der Waals surface area (Å²) in [6.07, 6.45) is 3.34. The molecule has 1 aliphatic heterocycles. The van der Waals surface area contributed by atoms with E-state index >= 15 is 0 Å². The lowest BCUT2D eigenvalue weighted by molar-refractivity contribution is -0.125. The number of aryl methyl sites for hydroxylation is 2. The van der Waals surface area contributed by atoms with E-state index < -0.39 is 0 Å². The van der Waals surface area contributed by atoms with E-state index in [0.29, 0.717) is 23.8 Å². The molecule has 7 heteroatoms. The summed E-state index contributed by atoms with van der Waals surface area (Å²) >= 11 is 6.02. The van der Waals surface area contributed by atoms with Crippen LogP contribution in [0.1, 0.15) is 29.7 Å². The number of nitrogens with one attached hydrogen (secondary N) is 1. The minimum absolute atomic E-state index is 0.0649. The number of piperidine rings is 1. The number of hydrogen-bond donors (Lipinski definition) is 1. The van der Waals surface area contributed by atoms with Gasteiger partial charge in [0.2, 0.25) is 11.6 Å². The zero-order chi connectivity index (χ0) is 19.7. The standard InChI is InChI=1S/C21H23ClN4O2/c1-13-14(2)28-21-18(13)19(24-12-25-21)26-8-4-6-16(11-26)20(27)23-10-15-5-3-7-17(22)9-15/h3,5,7,9,12,16H,4,6,8,10-11H2,1-2H3,(H,23,27). The third-order valence-electron chi connectivity index (χ3n) is 5.39. The number of amides is 1. The van der Waals surface area contributed by atoms with E-state index in [9.17, 15) is 4.79 Å². The van der Waals surface area contributed by atoms with Gasteiger partial charge in [-0.05, 0) is 44.4 Å². The van der Waals surface area contributed by atoms with Crippen molar-refractivity contribution in [2.45, 2.75) is 33.2 Å². The molecule has 1 aliphatic rings. The van der Waals surface area contributed by atoms with Crippen molar-refractivity contribution >= 4 is 34.4 Å². The Hall–Kier alpha value is -2.60. The molecule has 0 bridgehead atoms. The summed E-state index contributed by atoms with van der Waals surface area (Å²) in [4.78, 5) is 23.7. The highest BCUT2D eigenvalue weighted by Gasteiger charge is 2.28. The van der Waals surface area contributed by atoms with Gasteiger partial charge in [0.05, 0.1) is 11.3 Å². The number of benzene rings is 1. The summed E-state index contributed by atoms with van der Waals surface area (Å²) in [5.74, 6) is 1.69.